The largest absolute Gasteiger partial charge is 0.497 e. The van der Waals surface area contributed by atoms with Crippen LogP contribution < -0.4 is 10.2 Å². The zero-order chi connectivity index (χ0) is 16.6. The van der Waals surface area contributed by atoms with E-state index in [4.69, 9.17) is 4.74 Å². The van der Waals surface area contributed by atoms with Gasteiger partial charge >= 0.3 is 0 Å². The monoisotopic (exact) mass is 315 g/mol. The molecule has 0 radical (unpaired) electrons. The van der Waals surface area contributed by atoms with Gasteiger partial charge in [-0.05, 0) is 30.7 Å². The summed E-state index contributed by atoms with van der Waals surface area (Å²) in [4.78, 5) is 11.9. The smallest absolute Gasteiger partial charge is 0.189 e. The average molecular weight is 315 g/mol. The fourth-order valence-corrected chi connectivity index (χ4v) is 2.69. The molecular weight excluding hydrogens is 300 g/mol. The molecule has 0 N–H and O–H groups in total. The van der Waals surface area contributed by atoms with E-state index in [0.29, 0.717) is 17.9 Å². The van der Waals surface area contributed by atoms with Crippen molar-refractivity contribution < 1.29 is 13.5 Å². The fourth-order valence-electron chi connectivity index (χ4n) is 2.69. The third kappa shape index (κ3) is 2.48. The minimum absolute atomic E-state index is 0.0432. The van der Waals surface area contributed by atoms with E-state index in [1.165, 1.54) is 19.4 Å². The molecule has 23 heavy (non-hydrogen) atoms. The van der Waals surface area contributed by atoms with E-state index in [2.05, 4.69) is 0 Å². The van der Waals surface area contributed by atoms with Crippen LogP contribution in [-0.4, -0.2) is 11.7 Å². The van der Waals surface area contributed by atoms with E-state index in [1.807, 2.05) is 6.92 Å². The molecule has 3 nitrogen and oxygen atoms in total. The molecular formula is C18H15F2NO2. The van der Waals surface area contributed by atoms with Gasteiger partial charge in [-0.1, -0.05) is 12.1 Å². The highest BCUT2D eigenvalue weighted by molar-refractivity contribution is 5.86. The summed E-state index contributed by atoms with van der Waals surface area (Å²) in [6, 6.07) is 8.86. The predicted octanol–water partition coefficient (Wildman–Crippen LogP) is 3.98. The van der Waals surface area contributed by atoms with Crippen LogP contribution in [0.25, 0.3) is 22.0 Å². The maximum Gasteiger partial charge on any atom is 0.189 e. The number of methoxy groups -OCH3 is 1. The Kier molecular flexibility index (Phi) is 3.86. The summed E-state index contributed by atoms with van der Waals surface area (Å²) < 4.78 is 36.1. The van der Waals surface area contributed by atoms with Gasteiger partial charge in [0.05, 0.1) is 23.6 Å². The highest BCUT2D eigenvalue weighted by Gasteiger charge is 2.18. The van der Waals surface area contributed by atoms with Crippen molar-refractivity contribution in [1.29, 1.82) is 0 Å². The second kappa shape index (κ2) is 5.83. The number of fused-ring (bicyclic) bond motifs is 1. The van der Waals surface area contributed by atoms with Gasteiger partial charge in [-0.15, -0.1) is 0 Å². The van der Waals surface area contributed by atoms with Gasteiger partial charge in [0.25, 0.3) is 0 Å². The maximum absolute atomic E-state index is 15.0. The molecule has 5 heteroatoms. The lowest BCUT2D eigenvalue weighted by atomic mass is 10.0. The van der Waals surface area contributed by atoms with Crippen LogP contribution >= 0.6 is 0 Å². The maximum atomic E-state index is 15.0. The lowest BCUT2D eigenvalue weighted by Gasteiger charge is -2.13. The van der Waals surface area contributed by atoms with E-state index in [-0.39, 0.29) is 16.5 Å². The Bertz CT molecular complexity index is 930. The van der Waals surface area contributed by atoms with Gasteiger partial charge in [0.1, 0.15) is 11.6 Å². The first-order chi connectivity index (χ1) is 11.1. The van der Waals surface area contributed by atoms with Crippen molar-refractivity contribution in [2.24, 2.45) is 0 Å². The second-order valence-electron chi connectivity index (χ2n) is 5.14. The van der Waals surface area contributed by atoms with Crippen molar-refractivity contribution in [2.45, 2.75) is 13.5 Å². The summed E-state index contributed by atoms with van der Waals surface area (Å²) in [7, 11) is 1.52. The second-order valence-corrected chi connectivity index (χ2v) is 5.14. The van der Waals surface area contributed by atoms with Crippen LogP contribution in [0.3, 0.4) is 0 Å². The number of hydrogen-bond donors (Lipinski definition) is 0. The van der Waals surface area contributed by atoms with Crippen LogP contribution in [0.1, 0.15) is 6.92 Å². The molecule has 118 valence electrons. The van der Waals surface area contributed by atoms with Crippen molar-refractivity contribution in [3.8, 4) is 16.9 Å². The standard InChI is InChI=1S/C18H15F2NO2/c1-3-21-9-8-15(22)13-10-14(19)16(17(20)18(13)21)11-4-6-12(23-2)7-5-11/h4-10H,3H2,1-2H3. The number of aromatic nitrogens is 1. The molecule has 0 saturated carbocycles. The Morgan fingerprint density at radius 3 is 2.43 bits per heavy atom. The first-order valence-electron chi connectivity index (χ1n) is 7.22. The van der Waals surface area contributed by atoms with E-state index in [1.54, 1.807) is 28.8 Å². The zero-order valence-corrected chi connectivity index (χ0v) is 12.8. The summed E-state index contributed by atoms with van der Waals surface area (Å²) in [6.07, 6.45) is 1.52. The lowest BCUT2D eigenvalue weighted by molar-refractivity contribution is 0.415. The molecule has 0 spiro atoms. The van der Waals surface area contributed by atoms with Crippen LogP contribution in [0, 0.1) is 11.6 Å². The summed E-state index contributed by atoms with van der Waals surface area (Å²) in [5, 5.41) is 0.0432. The third-order valence-corrected chi connectivity index (χ3v) is 3.87. The lowest BCUT2D eigenvalue weighted by Crippen LogP contribution is -2.10. The normalized spacial score (nSPS) is 11.0. The molecule has 0 aliphatic rings. The molecule has 1 aromatic heterocycles. The summed E-state index contributed by atoms with van der Waals surface area (Å²) in [6.45, 7) is 2.31. The Balaban J connectivity index is 2.35. The van der Waals surface area contributed by atoms with Crippen LogP contribution in [0.4, 0.5) is 8.78 Å². The Morgan fingerprint density at radius 2 is 1.83 bits per heavy atom. The minimum Gasteiger partial charge on any atom is -0.497 e. The molecule has 0 atom stereocenters. The van der Waals surface area contributed by atoms with Crippen LogP contribution in [0.15, 0.2) is 47.4 Å². The van der Waals surface area contributed by atoms with Crippen LogP contribution in [0.2, 0.25) is 0 Å². The van der Waals surface area contributed by atoms with E-state index >= 15 is 0 Å². The van der Waals surface area contributed by atoms with E-state index < -0.39 is 17.1 Å². The molecule has 0 amide bonds. The summed E-state index contributed by atoms with van der Waals surface area (Å²) >= 11 is 0. The molecule has 1 heterocycles. The first kappa shape index (κ1) is 15.2. The predicted molar refractivity (Wildman–Crippen MR) is 85.8 cm³/mol. The number of aryl methyl sites for hydroxylation is 1. The number of pyridine rings is 1. The van der Waals surface area contributed by atoms with Crippen LogP contribution in [-0.2, 0) is 6.54 Å². The van der Waals surface area contributed by atoms with Gasteiger partial charge < -0.3 is 9.30 Å². The number of halogens is 2. The van der Waals surface area contributed by atoms with Gasteiger partial charge in [0.2, 0.25) is 0 Å². The highest BCUT2D eigenvalue weighted by Crippen LogP contribution is 2.31. The molecule has 0 aliphatic carbocycles. The Morgan fingerprint density at radius 1 is 1.13 bits per heavy atom. The van der Waals surface area contributed by atoms with Crippen LogP contribution in [0.5, 0.6) is 5.75 Å². The topological polar surface area (TPSA) is 31.2 Å². The quantitative estimate of drug-likeness (QED) is 0.732. The fraction of sp³-hybridized carbons (Fsp3) is 0.167. The average Bonchev–Trinajstić information content (AvgIpc) is 2.56. The van der Waals surface area contributed by atoms with Gasteiger partial charge in [-0.3, -0.25) is 4.79 Å². The van der Waals surface area contributed by atoms with Crippen molar-refractivity contribution in [3.05, 3.63) is 64.5 Å². The van der Waals surface area contributed by atoms with E-state index in [0.717, 1.165) is 6.07 Å². The highest BCUT2D eigenvalue weighted by atomic mass is 19.1. The number of ether oxygens (including phenoxy) is 1. The van der Waals surface area contributed by atoms with E-state index in [9.17, 15) is 13.6 Å². The van der Waals surface area contributed by atoms with Crippen molar-refractivity contribution in [2.75, 3.05) is 7.11 Å². The van der Waals surface area contributed by atoms with Gasteiger partial charge in [0, 0.05) is 18.8 Å². The number of hydrogen-bond acceptors (Lipinski definition) is 2. The minimum atomic E-state index is -0.758. The molecule has 3 rings (SSSR count). The molecule has 3 aromatic rings. The van der Waals surface area contributed by atoms with Gasteiger partial charge in [0.15, 0.2) is 11.2 Å². The molecule has 0 fully saturated rings. The SMILES string of the molecule is CCn1ccc(=O)c2cc(F)c(-c3ccc(OC)cc3)c(F)c21. The molecule has 2 aromatic carbocycles. The van der Waals surface area contributed by atoms with Crippen molar-refractivity contribution in [3.63, 3.8) is 0 Å². The molecule has 0 bridgehead atoms. The Hall–Kier alpha value is -2.69. The van der Waals surface area contributed by atoms with Crippen molar-refractivity contribution in [1.82, 2.24) is 4.57 Å². The zero-order valence-electron chi connectivity index (χ0n) is 12.8. The third-order valence-electron chi connectivity index (χ3n) is 3.87. The number of nitrogens with zero attached hydrogens (tertiary/aromatic N) is 1. The molecule has 0 aliphatic heterocycles. The summed E-state index contributed by atoms with van der Waals surface area (Å²) in [5.74, 6) is -0.892. The molecule has 0 saturated heterocycles. The van der Waals surface area contributed by atoms with Gasteiger partial charge in [-0.2, -0.15) is 0 Å². The van der Waals surface area contributed by atoms with Gasteiger partial charge in [-0.25, -0.2) is 8.78 Å². The number of rotatable bonds is 3. The first-order valence-corrected chi connectivity index (χ1v) is 7.22. The number of benzene rings is 2. The Labute approximate surface area is 131 Å². The summed E-state index contributed by atoms with van der Waals surface area (Å²) in [5.41, 5.74) is -0.0365. The van der Waals surface area contributed by atoms with Crippen molar-refractivity contribution >= 4 is 10.9 Å². The molecule has 0 unspecified atom stereocenters.